The van der Waals surface area contributed by atoms with E-state index in [1.807, 2.05) is 0 Å². The van der Waals surface area contributed by atoms with Gasteiger partial charge in [0.1, 0.15) is 17.0 Å². The summed E-state index contributed by atoms with van der Waals surface area (Å²) in [5.74, 6) is 1.31. The average Bonchev–Trinajstić information content (AvgIpc) is 3.40. The molecule has 0 saturated heterocycles. The molecule has 0 aliphatic heterocycles. The van der Waals surface area contributed by atoms with Crippen molar-refractivity contribution in [2.45, 2.75) is 40.5 Å². The number of aryl methyl sites for hydroxylation is 3. The topological polar surface area (TPSA) is 50.7 Å². The van der Waals surface area contributed by atoms with E-state index in [0.717, 1.165) is 38.0 Å². The highest BCUT2D eigenvalue weighted by atomic mass is 32.1. The van der Waals surface area contributed by atoms with Crippen LogP contribution < -0.4 is 5.32 Å². The molecule has 166 valence electrons. The second-order valence-electron chi connectivity index (χ2n) is 8.68. The minimum Gasteiger partial charge on any atom is -0.316 e. The lowest BCUT2D eigenvalue weighted by atomic mass is 9.99. The molecule has 0 unspecified atom stereocenters. The first-order valence-corrected chi connectivity index (χ1v) is 12.7. The molecule has 5 rings (SSSR count). The number of thiazole rings is 1. The maximum atomic E-state index is 4.92. The third kappa shape index (κ3) is 4.16. The molecular weight excluding hydrogens is 444 g/mol. The summed E-state index contributed by atoms with van der Waals surface area (Å²) in [7, 11) is 0. The molecule has 0 atom stereocenters. The van der Waals surface area contributed by atoms with Crippen molar-refractivity contribution in [2.24, 2.45) is 0 Å². The maximum Gasteiger partial charge on any atom is 0.189 e. The fourth-order valence-corrected chi connectivity index (χ4v) is 5.69. The van der Waals surface area contributed by atoms with Gasteiger partial charge in [0.25, 0.3) is 0 Å². The van der Waals surface area contributed by atoms with E-state index in [4.69, 9.17) is 4.98 Å². The molecule has 0 spiro atoms. The Bertz CT molecular complexity index is 1450. The van der Waals surface area contributed by atoms with Crippen LogP contribution in [0.3, 0.4) is 0 Å². The molecule has 0 saturated carbocycles. The minimum absolute atomic E-state index is 0.512. The van der Waals surface area contributed by atoms with Gasteiger partial charge in [-0.05, 0) is 55.0 Å². The second-order valence-corrected chi connectivity index (χ2v) is 10.7. The SMILES string of the molecule is Cc1ccc(-c2nc(Nc3ncnc4scc(-c5ccc(C(C)C)cc5)c34)sc2C)cc1C. The number of rotatable bonds is 5. The number of nitrogens with zero attached hydrogens (tertiary/aromatic N) is 3. The van der Waals surface area contributed by atoms with Gasteiger partial charge < -0.3 is 5.32 Å². The summed E-state index contributed by atoms with van der Waals surface area (Å²) in [5, 5.41) is 7.54. The normalized spacial score (nSPS) is 11.5. The van der Waals surface area contributed by atoms with E-state index in [1.165, 1.54) is 27.1 Å². The van der Waals surface area contributed by atoms with Gasteiger partial charge in [0.15, 0.2) is 5.13 Å². The molecule has 6 heteroatoms. The lowest BCUT2D eigenvalue weighted by molar-refractivity contribution is 0.867. The largest absolute Gasteiger partial charge is 0.316 e. The Balaban J connectivity index is 1.52. The number of benzene rings is 2. The predicted octanol–water partition coefficient (Wildman–Crippen LogP) is 8.27. The smallest absolute Gasteiger partial charge is 0.189 e. The minimum atomic E-state index is 0.512. The van der Waals surface area contributed by atoms with Gasteiger partial charge in [-0.1, -0.05) is 50.2 Å². The summed E-state index contributed by atoms with van der Waals surface area (Å²) < 4.78 is 0. The first-order valence-electron chi connectivity index (χ1n) is 11.1. The molecule has 0 aliphatic rings. The van der Waals surface area contributed by atoms with Crippen LogP contribution in [0.4, 0.5) is 10.9 Å². The summed E-state index contributed by atoms with van der Waals surface area (Å²) in [5.41, 5.74) is 8.40. The molecule has 0 amide bonds. The number of nitrogens with one attached hydrogen (secondary N) is 1. The van der Waals surface area contributed by atoms with Crippen LogP contribution in [0.5, 0.6) is 0 Å². The van der Waals surface area contributed by atoms with Crippen molar-refractivity contribution in [2.75, 3.05) is 5.32 Å². The third-order valence-corrected chi connectivity index (χ3v) is 7.83. The van der Waals surface area contributed by atoms with Crippen molar-refractivity contribution in [3.05, 3.63) is 75.7 Å². The zero-order valence-electron chi connectivity index (χ0n) is 19.4. The molecule has 0 aliphatic carbocycles. The van der Waals surface area contributed by atoms with Gasteiger partial charge in [-0.2, -0.15) is 0 Å². The van der Waals surface area contributed by atoms with Gasteiger partial charge in [0, 0.05) is 21.4 Å². The Morgan fingerprint density at radius 1 is 0.879 bits per heavy atom. The Labute approximate surface area is 202 Å². The summed E-state index contributed by atoms with van der Waals surface area (Å²) in [4.78, 5) is 16.2. The summed E-state index contributed by atoms with van der Waals surface area (Å²) in [6.07, 6.45) is 1.62. The number of thiophene rings is 1. The number of anilines is 2. The highest BCUT2D eigenvalue weighted by molar-refractivity contribution is 7.17. The summed E-state index contributed by atoms with van der Waals surface area (Å²) in [6, 6.07) is 15.3. The molecule has 33 heavy (non-hydrogen) atoms. The first-order chi connectivity index (χ1) is 15.9. The average molecular weight is 471 g/mol. The maximum absolute atomic E-state index is 4.92. The van der Waals surface area contributed by atoms with Gasteiger partial charge in [-0.25, -0.2) is 15.0 Å². The van der Waals surface area contributed by atoms with Crippen LogP contribution in [0.15, 0.2) is 54.2 Å². The fraction of sp³-hybridized carbons (Fsp3) is 0.222. The van der Waals surface area contributed by atoms with E-state index in [1.54, 1.807) is 29.0 Å². The van der Waals surface area contributed by atoms with Crippen molar-refractivity contribution >= 4 is 43.8 Å². The van der Waals surface area contributed by atoms with Crippen LogP contribution in [0.1, 0.15) is 41.3 Å². The van der Waals surface area contributed by atoms with Crippen molar-refractivity contribution in [3.63, 3.8) is 0 Å². The number of hydrogen-bond acceptors (Lipinski definition) is 6. The first kappa shape index (κ1) is 21.7. The van der Waals surface area contributed by atoms with Crippen LogP contribution in [-0.4, -0.2) is 15.0 Å². The van der Waals surface area contributed by atoms with E-state index >= 15 is 0 Å². The molecule has 0 radical (unpaired) electrons. The molecule has 0 fully saturated rings. The van der Waals surface area contributed by atoms with Gasteiger partial charge in [0.2, 0.25) is 0 Å². The Morgan fingerprint density at radius 3 is 2.36 bits per heavy atom. The molecule has 4 nitrogen and oxygen atoms in total. The van der Waals surface area contributed by atoms with Gasteiger partial charge in [-0.15, -0.1) is 22.7 Å². The van der Waals surface area contributed by atoms with Crippen molar-refractivity contribution < 1.29 is 0 Å². The molecule has 5 aromatic rings. The van der Waals surface area contributed by atoms with E-state index in [9.17, 15) is 0 Å². The Kier molecular flexibility index (Phi) is 5.72. The quantitative estimate of drug-likeness (QED) is 0.281. The zero-order valence-corrected chi connectivity index (χ0v) is 21.1. The Hall–Kier alpha value is -3.09. The number of aromatic nitrogens is 3. The standard InChI is InChI=1S/C27H26N4S2/c1-15(2)19-8-10-20(11-9-19)22-13-32-26-23(22)25(28-14-29-26)31-27-30-24(18(5)33-27)21-7-6-16(3)17(4)12-21/h6-15H,1-5H3,(H,28,29,30,31). The zero-order chi connectivity index (χ0) is 23.1. The van der Waals surface area contributed by atoms with Crippen LogP contribution in [0.2, 0.25) is 0 Å². The number of hydrogen-bond donors (Lipinski definition) is 1. The van der Waals surface area contributed by atoms with Crippen molar-refractivity contribution in [1.82, 2.24) is 15.0 Å². The monoisotopic (exact) mass is 470 g/mol. The molecule has 0 bridgehead atoms. The molecule has 3 aromatic heterocycles. The third-order valence-electron chi connectivity index (χ3n) is 6.06. The van der Waals surface area contributed by atoms with E-state index in [-0.39, 0.29) is 0 Å². The molecule has 3 heterocycles. The molecule has 2 aromatic carbocycles. The predicted molar refractivity (Wildman–Crippen MR) is 142 cm³/mol. The van der Waals surface area contributed by atoms with E-state index < -0.39 is 0 Å². The lowest BCUT2D eigenvalue weighted by Gasteiger charge is -2.08. The highest BCUT2D eigenvalue weighted by Gasteiger charge is 2.16. The van der Waals surface area contributed by atoms with Crippen molar-refractivity contribution in [3.8, 4) is 22.4 Å². The fourth-order valence-electron chi connectivity index (χ4n) is 3.94. The van der Waals surface area contributed by atoms with Gasteiger partial charge in [-0.3, -0.25) is 0 Å². The summed E-state index contributed by atoms with van der Waals surface area (Å²) >= 11 is 3.30. The van der Waals surface area contributed by atoms with Gasteiger partial charge in [0.05, 0.1) is 11.1 Å². The Morgan fingerprint density at radius 2 is 1.64 bits per heavy atom. The lowest BCUT2D eigenvalue weighted by Crippen LogP contribution is -1.95. The summed E-state index contributed by atoms with van der Waals surface area (Å²) in [6.45, 7) is 10.8. The van der Waals surface area contributed by atoms with Crippen molar-refractivity contribution in [1.29, 1.82) is 0 Å². The van der Waals surface area contributed by atoms with Crippen LogP contribution in [-0.2, 0) is 0 Å². The van der Waals surface area contributed by atoms with Crippen LogP contribution in [0, 0.1) is 20.8 Å². The van der Waals surface area contributed by atoms with E-state index in [0.29, 0.717) is 5.92 Å². The van der Waals surface area contributed by atoms with Crippen LogP contribution >= 0.6 is 22.7 Å². The number of fused-ring (bicyclic) bond motifs is 1. The second kappa shape index (κ2) is 8.69. The molecule has 1 N–H and O–H groups in total. The van der Waals surface area contributed by atoms with E-state index in [2.05, 4.69) is 97.7 Å². The highest BCUT2D eigenvalue weighted by Crippen LogP contribution is 2.39. The molecular formula is C27H26N4S2. The van der Waals surface area contributed by atoms with Gasteiger partial charge >= 0.3 is 0 Å². The van der Waals surface area contributed by atoms with Crippen LogP contribution in [0.25, 0.3) is 32.6 Å².